The van der Waals surface area contributed by atoms with Crippen LogP contribution >= 0.6 is 0 Å². The van der Waals surface area contributed by atoms with Gasteiger partial charge in [-0.3, -0.25) is 4.79 Å². The Morgan fingerprint density at radius 3 is 2.21 bits per heavy atom. The third-order valence-corrected chi connectivity index (χ3v) is 4.62. The molecule has 2 nitrogen and oxygen atoms in total. The summed E-state index contributed by atoms with van der Waals surface area (Å²) in [5, 5.41) is 3.25. The molecule has 1 aliphatic rings. The van der Waals surface area contributed by atoms with Crippen LogP contribution < -0.4 is 5.32 Å². The second kappa shape index (κ2) is 4.99. The van der Waals surface area contributed by atoms with E-state index in [0.29, 0.717) is 12.3 Å². The Hall–Kier alpha value is -1.31. The number of hydrogen-bond acceptors (Lipinski definition) is 1. The van der Waals surface area contributed by atoms with Crippen LogP contribution in [0.25, 0.3) is 0 Å². The number of rotatable bonds is 3. The van der Waals surface area contributed by atoms with Crippen molar-refractivity contribution >= 4 is 5.91 Å². The van der Waals surface area contributed by atoms with Crippen molar-refractivity contribution in [2.75, 3.05) is 0 Å². The quantitative estimate of drug-likeness (QED) is 0.885. The lowest BCUT2D eigenvalue weighted by Crippen LogP contribution is -2.48. The zero-order valence-electron chi connectivity index (χ0n) is 12.8. The minimum atomic E-state index is -0.0537. The Morgan fingerprint density at radius 1 is 1.21 bits per heavy atom. The number of nitrogens with one attached hydrogen (secondary N) is 1. The van der Waals surface area contributed by atoms with Gasteiger partial charge in [0.25, 0.3) is 0 Å². The van der Waals surface area contributed by atoms with E-state index in [1.165, 1.54) is 22.3 Å². The van der Waals surface area contributed by atoms with Gasteiger partial charge in [-0.2, -0.15) is 0 Å². The van der Waals surface area contributed by atoms with E-state index in [2.05, 4.69) is 52.1 Å². The van der Waals surface area contributed by atoms with Gasteiger partial charge in [-0.05, 0) is 56.2 Å². The second-order valence-corrected chi connectivity index (χ2v) is 6.41. The SMILES string of the molecule is Cc1cc(C)c(CC2(C(C)C)CCC(=O)N2)c(C)c1. The number of amides is 1. The maximum atomic E-state index is 11.7. The van der Waals surface area contributed by atoms with Crippen LogP contribution in [0.5, 0.6) is 0 Å². The predicted molar refractivity (Wildman–Crippen MR) is 79.3 cm³/mol. The van der Waals surface area contributed by atoms with Crippen LogP contribution in [0, 0.1) is 26.7 Å². The normalized spacial score (nSPS) is 22.9. The van der Waals surface area contributed by atoms with Crippen molar-refractivity contribution < 1.29 is 4.79 Å². The van der Waals surface area contributed by atoms with Crippen LogP contribution in [0.2, 0.25) is 0 Å². The first-order chi connectivity index (χ1) is 8.84. The lowest BCUT2D eigenvalue weighted by molar-refractivity contribution is -0.120. The Kier molecular flexibility index (Phi) is 3.71. The van der Waals surface area contributed by atoms with Gasteiger partial charge in [0.2, 0.25) is 5.91 Å². The molecule has 1 aromatic rings. The van der Waals surface area contributed by atoms with Crippen molar-refractivity contribution in [1.82, 2.24) is 5.32 Å². The summed E-state index contributed by atoms with van der Waals surface area (Å²) >= 11 is 0. The predicted octanol–water partition coefficient (Wildman–Crippen LogP) is 3.46. The molecule has 0 bridgehead atoms. The monoisotopic (exact) mass is 259 g/mol. The summed E-state index contributed by atoms with van der Waals surface area (Å²) in [6.07, 6.45) is 2.58. The van der Waals surface area contributed by atoms with E-state index in [4.69, 9.17) is 0 Å². The van der Waals surface area contributed by atoms with E-state index in [-0.39, 0.29) is 11.4 Å². The van der Waals surface area contributed by atoms with Gasteiger partial charge in [-0.15, -0.1) is 0 Å². The molecule has 19 heavy (non-hydrogen) atoms. The highest BCUT2D eigenvalue weighted by Crippen LogP contribution is 2.33. The van der Waals surface area contributed by atoms with Crippen molar-refractivity contribution in [2.45, 2.75) is 59.4 Å². The highest BCUT2D eigenvalue weighted by molar-refractivity contribution is 5.79. The summed E-state index contributed by atoms with van der Waals surface area (Å²) in [4.78, 5) is 11.7. The second-order valence-electron chi connectivity index (χ2n) is 6.41. The number of hydrogen-bond donors (Lipinski definition) is 1. The number of benzene rings is 1. The third-order valence-electron chi connectivity index (χ3n) is 4.62. The Bertz CT molecular complexity index is 481. The molecule has 104 valence electrons. The molecular formula is C17H25NO. The van der Waals surface area contributed by atoms with Crippen molar-refractivity contribution in [2.24, 2.45) is 5.92 Å². The minimum Gasteiger partial charge on any atom is -0.350 e. The molecule has 2 rings (SSSR count). The van der Waals surface area contributed by atoms with E-state index in [9.17, 15) is 4.79 Å². The van der Waals surface area contributed by atoms with Crippen LogP contribution in [0.4, 0.5) is 0 Å². The smallest absolute Gasteiger partial charge is 0.220 e. The highest BCUT2D eigenvalue weighted by Gasteiger charge is 2.40. The fraction of sp³-hybridized carbons (Fsp3) is 0.588. The summed E-state index contributed by atoms with van der Waals surface area (Å²) in [6, 6.07) is 4.49. The van der Waals surface area contributed by atoms with Crippen LogP contribution in [-0.2, 0) is 11.2 Å². The standard InChI is InChI=1S/C17H25NO/c1-11(2)17(7-6-16(19)18-17)10-15-13(4)8-12(3)9-14(15)5/h8-9,11H,6-7,10H2,1-5H3,(H,18,19). The van der Waals surface area contributed by atoms with Gasteiger partial charge in [0, 0.05) is 12.0 Å². The minimum absolute atomic E-state index is 0.0537. The van der Waals surface area contributed by atoms with E-state index < -0.39 is 0 Å². The van der Waals surface area contributed by atoms with Crippen LogP contribution in [0.1, 0.15) is 48.9 Å². The summed E-state index contributed by atoms with van der Waals surface area (Å²) in [6.45, 7) is 10.9. The molecule has 0 spiro atoms. The summed E-state index contributed by atoms with van der Waals surface area (Å²) < 4.78 is 0. The van der Waals surface area contributed by atoms with Gasteiger partial charge >= 0.3 is 0 Å². The van der Waals surface area contributed by atoms with E-state index in [1.807, 2.05) is 0 Å². The molecule has 1 fully saturated rings. The van der Waals surface area contributed by atoms with Crippen molar-refractivity contribution in [3.63, 3.8) is 0 Å². The third kappa shape index (κ3) is 2.68. The lowest BCUT2D eigenvalue weighted by atomic mass is 9.78. The maximum absolute atomic E-state index is 11.7. The fourth-order valence-electron chi connectivity index (χ4n) is 3.31. The molecule has 1 amide bonds. The first-order valence-corrected chi connectivity index (χ1v) is 7.22. The first kappa shape index (κ1) is 14.1. The molecule has 0 aliphatic carbocycles. The maximum Gasteiger partial charge on any atom is 0.220 e. The molecule has 2 heteroatoms. The molecular weight excluding hydrogens is 234 g/mol. The van der Waals surface area contributed by atoms with Gasteiger partial charge in [-0.25, -0.2) is 0 Å². The van der Waals surface area contributed by atoms with Gasteiger partial charge in [0.05, 0.1) is 0 Å². The summed E-state index contributed by atoms with van der Waals surface area (Å²) in [5.41, 5.74) is 5.36. The number of carbonyl (C=O) groups excluding carboxylic acids is 1. The molecule has 1 atom stereocenters. The van der Waals surface area contributed by atoms with Crippen LogP contribution in [0.3, 0.4) is 0 Å². The average Bonchev–Trinajstić information content (AvgIpc) is 2.67. The van der Waals surface area contributed by atoms with E-state index in [1.54, 1.807) is 0 Å². The largest absolute Gasteiger partial charge is 0.350 e. The van der Waals surface area contributed by atoms with Crippen LogP contribution in [0.15, 0.2) is 12.1 Å². The van der Waals surface area contributed by atoms with E-state index in [0.717, 1.165) is 12.8 Å². The Labute approximate surface area is 116 Å². The molecule has 0 saturated carbocycles. The lowest BCUT2D eigenvalue weighted by Gasteiger charge is -2.35. The Balaban J connectivity index is 2.36. The number of aryl methyl sites for hydroxylation is 3. The zero-order chi connectivity index (χ0) is 14.2. The summed E-state index contributed by atoms with van der Waals surface area (Å²) in [7, 11) is 0. The van der Waals surface area contributed by atoms with Gasteiger partial charge in [0.15, 0.2) is 0 Å². The van der Waals surface area contributed by atoms with E-state index >= 15 is 0 Å². The molecule has 1 aromatic carbocycles. The number of carbonyl (C=O) groups is 1. The molecule has 1 unspecified atom stereocenters. The molecule has 0 radical (unpaired) electrons. The Morgan fingerprint density at radius 2 is 1.79 bits per heavy atom. The van der Waals surface area contributed by atoms with Gasteiger partial charge in [0.1, 0.15) is 0 Å². The van der Waals surface area contributed by atoms with Crippen molar-refractivity contribution in [3.8, 4) is 0 Å². The zero-order valence-corrected chi connectivity index (χ0v) is 12.8. The molecule has 1 heterocycles. The van der Waals surface area contributed by atoms with Gasteiger partial charge < -0.3 is 5.32 Å². The van der Waals surface area contributed by atoms with Crippen molar-refractivity contribution in [1.29, 1.82) is 0 Å². The molecule has 1 aliphatic heterocycles. The molecule has 0 aromatic heterocycles. The van der Waals surface area contributed by atoms with Gasteiger partial charge in [-0.1, -0.05) is 31.5 Å². The van der Waals surface area contributed by atoms with Crippen LogP contribution in [-0.4, -0.2) is 11.4 Å². The van der Waals surface area contributed by atoms with Crippen molar-refractivity contribution in [3.05, 3.63) is 34.4 Å². The highest BCUT2D eigenvalue weighted by atomic mass is 16.2. The average molecular weight is 259 g/mol. The topological polar surface area (TPSA) is 29.1 Å². The molecule has 1 N–H and O–H groups in total. The first-order valence-electron chi connectivity index (χ1n) is 7.22. The fourth-order valence-corrected chi connectivity index (χ4v) is 3.31. The molecule has 1 saturated heterocycles. The summed E-state index contributed by atoms with van der Waals surface area (Å²) in [5.74, 6) is 0.662.